The fourth-order valence-electron chi connectivity index (χ4n) is 3.85. The van der Waals surface area contributed by atoms with Crippen molar-refractivity contribution in [2.24, 2.45) is 0 Å². The molecule has 0 bridgehead atoms. The Morgan fingerprint density at radius 3 is 2.41 bits per heavy atom. The van der Waals surface area contributed by atoms with Gasteiger partial charge in [0.25, 0.3) is 0 Å². The van der Waals surface area contributed by atoms with Crippen molar-refractivity contribution in [3.05, 3.63) is 70.2 Å². The molecule has 146 valence electrons. The number of piperazine rings is 1. The second kappa shape index (κ2) is 9.33. The molecule has 0 spiro atoms. The van der Waals surface area contributed by atoms with Gasteiger partial charge in [0.05, 0.1) is 13.2 Å². The number of hydrogen-bond donors (Lipinski definition) is 0. The maximum atomic E-state index is 6.17. The van der Waals surface area contributed by atoms with Crippen LogP contribution in [0.25, 0.3) is 0 Å². The number of ether oxygens (including phenoxy) is 1. The molecule has 0 amide bonds. The second-order valence-corrected chi connectivity index (χ2v) is 9.20. The fourth-order valence-corrected chi connectivity index (χ4v) is 4.25. The highest BCUT2D eigenvalue weighted by atomic mass is 79.9. The average Bonchev–Trinajstić information content (AvgIpc) is 2.63. The van der Waals surface area contributed by atoms with E-state index >= 15 is 0 Å². The third-order valence-electron chi connectivity index (χ3n) is 5.20. The van der Waals surface area contributed by atoms with Gasteiger partial charge in [-0.1, -0.05) is 64.5 Å². The molecule has 1 aliphatic heterocycles. The topological polar surface area (TPSA) is 15.7 Å². The van der Waals surface area contributed by atoms with E-state index in [0.29, 0.717) is 12.6 Å². The predicted molar refractivity (Wildman–Crippen MR) is 116 cm³/mol. The Labute approximate surface area is 172 Å². The zero-order chi connectivity index (χ0) is 19.3. The normalized spacial score (nSPS) is 19.3. The lowest BCUT2D eigenvalue weighted by molar-refractivity contribution is -0.0380. The zero-order valence-electron chi connectivity index (χ0n) is 16.7. The zero-order valence-corrected chi connectivity index (χ0v) is 18.3. The van der Waals surface area contributed by atoms with Gasteiger partial charge >= 0.3 is 0 Å². The Bertz CT molecular complexity index is 714. The van der Waals surface area contributed by atoms with Gasteiger partial charge in [-0.05, 0) is 38.0 Å². The van der Waals surface area contributed by atoms with E-state index in [1.165, 1.54) is 11.1 Å². The standard InChI is InChI=1S/C23H31BrN2O/c1-23(2,3)26-14-13-25(15-19-9-5-4-6-10-19)16-21(26)18-27-17-20-11-7-8-12-22(20)24/h4-12,21H,13-18H2,1-3H3. The van der Waals surface area contributed by atoms with Gasteiger partial charge in [-0.15, -0.1) is 0 Å². The summed E-state index contributed by atoms with van der Waals surface area (Å²) in [7, 11) is 0. The van der Waals surface area contributed by atoms with Gasteiger partial charge in [-0.25, -0.2) is 0 Å². The summed E-state index contributed by atoms with van der Waals surface area (Å²) >= 11 is 3.61. The van der Waals surface area contributed by atoms with Crippen molar-refractivity contribution >= 4 is 15.9 Å². The lowest BCUT2D eigenvalue weighted by Gasteiger charge is -2.48. The maximum Gasteiger partial charge on any atom is 0.0728 e. The minimum Gasteiger partial charge on any atom is -0.375 e. The number of hydrogen-bond acceptors (Lipinski definition) is 3. The monoisotopic (exact) mass is 430 g/mol. The first-order valence-electron chi connectivity index (χ1n) is 9.77. The van der Waals surface area contributed by atoms with Crippen LogP contribution in [-0.4, -0.2) is 47.6 Å². The van der Waals surface area contributed by atoms with E-state index in [4.69, 9.17) is 4.74 Å². The predicted octanol–water partition coefficient (Wildman–Crippen LogP) is 4.95. The van der Waals surface area contributed by atoms with E-state index in [9.17, 15) is 0 Å². The molecule has 1 fully saturated rings. The van der Waals surface area contributed by atoms with E-state index in [1.54, 1.807) is 0 Å². The molecular weight excluding hydrogens is 400 g/mol. The summed E-state index contributed by atoms with van der Waals surface area (Å²) in [5, 5.41) is 0. The fraction of sp³-hybridized carbons (Fsp3) is 0.478. The van der Waals surface area contributed by atoms with Crippen LogP contribution >= 0.6 is 15.9 Å². The van der Waals surface area contributed by atoms with Crippen LogP contribution in [0.1, 0.15) is 31.9 Å². The highest BCUT2D eigenvalue weighted by Crippen LogP contribution is 2.23. The summed E-state index contributed by atoms with van der Waals surface area (Å²) in [6.07, 6.45) is 0. The van der Waals surface area contributed by atoms with Crippen LogP contribution in [0.15, 0.2) is 59.1 Å². The third kappa shape index (κ3) is 5.89. The van der Waals surface area contributed by atoms with E-state index in [-0.39, 0.29) is 5.54 Å². The molecule has 1 saturated heterocycles. The second-order valence-electron chi connectivity index (χ2n) is 8.35. The molecule has 3 rings (SSSR count). The minimum absolute atomic E-state index is 0.153. The van der Waals surface area contributed by atoms with Crippen molar-refractivity contribution in [1.82, 2.24) is 9.80 Å². The summed E-state index contributed by atoms with van der Waals surface area (Å²) in [6, 6.07) is 19.5. The van der Waals surface area contributed by atoms with E-state index in [0.717, 1.165) is 37.3 Å². The SMILES string of the molecule is CC(C)(C)N1CCN(Cc2ccccc2)CC1COCc1ccccc1Br. The van der Waals surface area contributed by atoms with Crippen LogP contribution in [-0.2, 0) is 17.9 Å². The van der Waals surface area contributed by atoms with Crippen LogP contribution in [0, 0.1) is 0 Å². The van der Waals surface area contributed by atoms with Crippen LogP contribution < -0.4 is 0 Å². The average molecular weight is 431 g/mol. The molecule has 1 unspecified atom stereocenters. The molecular formula is C23H31BrN2O. The van der Waals surface area contributed by atoms with Crippen LogP contribution in [0.4, 0.5) is 0 Å². The van der Waals surface area contributed by atoms with Gasteiger partial charge < -0.3 is 4.74 Å². The van der Waals surface area contributed by atoms with Crippen LogP contribution in [0.2, 0.25) is 0 Å². The first-order chi connectivity index (χ1) is 12.9. The summed E-state index contributed by atoms with van der Waals surface area (Å²) < 4.78 is 7.28. The molecule has 1 heterocycles. The summed E-state index contributed by atoms with van der Waals surface area (Å²) in [5.74, 6) is 0. The number of benzene rings is 2. The summed E-state index contributed by atoms with van der Waals surface area (Å²) in [5.41, 5.74) is 2.74. The van der Waals surface area contributed by atoms with Crippen molar-refractivity contribution in [3.8, 4) is 0 Å². The van der Waals surface area contributed by atoms with E-state index in [2.05, 4.69) is 95.0 Å². The lowest BCUT2D eigenvalue weighted by Crippen LogP contribution is -2.60. The Balaban J connectivity index is 1.61. The molecule has 27 heavy (non-hydrogen) atoms. The number of rotatable bonds is 6. The van der Waals surface area contributed by atoms with Gasteiger partial charge in [-0.2, -0.15) is 0 Å². The Morgan fingerprint density at radius 1 is 1.00 bits per heavy atom. The minimum atomic E-state index is 0.153. The molecule has 2 aromatic rings. The molecule has 0 saturated carbocycles. The lowest BCUT2D eigenvalue weighted by atomic mass is 10.00. The first kappa shape index (κ1) is 20.5. The van der Waals surface area contributed by atoms with Gasteiger partial charge in [0.1, 0.15) is 0 Å². The molecule has 2 aromatic carbocycles. The summed E-state index contributed by atoms with van der Waals surface area (Å²) in [6.45, 7) is 12.6. The summed E-state index contributed by atoms with van der Waals surface area (Å²) in [4.78, 5) is 5.17. The molecule has 1 aliphatic rings. The molecule has 1 atom stereocenters. The molecule has 3 nitrogen and oxygen atoms in total. The van der Waals surface area contributed by atoms with Gasteiger partial charge in [0.15, 0.2) is 0 Å². The van der Waals surface area contributed by atoms with Crippen molar-refractivity contribution < 1.29 is 4.74 Å². The molecule has 0 aromatic heterocycles. The van der Waals surface area contributed by atoms with E-state index in [1.807, 2.05) is 6.07 Å². The quantitative estimate of drug-likeness (QED) is 0.644. The largest absolute Gasteiger partial charge is 0.375 e. The van der Waals surface area contributed by atoms with E-state index < -0.39 is 0 Å². The van der Waals surface area contributed by atoms with Crippen molar-refractivity contribution in [1.29, 1.82) is 0 Å². The number of halogens is 1. The molecule has 0 N–H and O–H groups in total. The van der Waals surface area contributed by atoms with Gasteiger partial charge in [-0.3, -0.25) is 9.80 Å². The van der Waals surface area contributed by atoms with Crippen molar-refractivity contribution in [3.63, 3.8) is 0 Å². The van der Waals surface area contributed by atoms with Crippen molar-refractivity contribution in [2.75, 3.05) is 26.2 Å². The Morgan fingerprint density at radius 2 is 1.70 bits per heavy atom. The first-order valence-corrected chi connectivity index (χ1v) is 10.6. The smallest absolute Gasteiger partial charge is 0.0728 e. The van der Waals surface area contributed by atoms with Crippen LogP contribution in [0.3, 0.4) is 0 Å². The highest BCUT2D eigenvalue weighted by molar-refractivity contribution is 9.10. The van der Waals surface area contributed by atoms with Gasteiger partial charge in [0, 0.05) is 42.2 Å². The molecule has 4 heteroatoms. The maximum absolute atomic E-state index is 6.17. The van der Waals surface area contributed by atoms with Crippen molar-refractivity contribution in [2.45, 2.75) is 45.5 Å². The molecule has 0 aliphatic carbocycles. The third-order valence-corrected chi connectivity index (χ3v) is 5.98. The Kier molecular flexibility index (Phi) is 7.10. The Hall–Kier alpha value is -1.20. The van der Waals surface area contributed by atoms with Crippen LogP contribution in [0.5, 0.6) is 0 Å². The van der Waals surface area contributed by atoms with Gasteiger partial charge in [0.2, 0.25) is 0 Å². The number of nitrogens with zero attached hydrogens (tertiary/aromatic N) is 2. The molecule has 0 radical (unpaired) electrons. The highest BCUT2D eigenvalue weighted by Gasteiger charge is 2.34.